The molecule has 2 N–H and O–H groups in total. The number of hydrogen-bond donors (Lipinski definition) is 1. The molecule has 2 heterocycles. The third-order valence-corrected chi connectivity index (χ3v) is 3.39. The molecule has 0 aliphatic carbocycles. The predicted octanol–water partition coefficient (Wildman–Crippen LogP) is 1.52. The van der Waals surface area contributed by atoms with Gasteiger partial charge in [-0.2, -0.15) is 0 Å². The van der Waals surface area contributed by atoms with Crippen molar-refractivity contribution in [2.75, 3.05) is 0 Å². The van der Waals surface area contributed by atoms with Crippen LogP contribution in [0.5, 0.6) is 0 Å². The molecular formula is C6H5Cl2N3S. The van der Waals surface area contributed by atoms with E-state index >= 15 is 0 Å². The van der Waals surface area contributed by atoms with Gasteiger partial charge in [0.15, 0.2) is 0 Å². The van der Waals surface area contributed by atoms with Crippen LogP contribution < -0.4 is 5.73 Å². The number of hydrogen-bond acceptors (Lipinski definition) is 4. The predicted molar refractivity (Wildman–Crippen MR) is 54.0 cm³/mol. The van der Waals surface area contributed by atoms with E-state index in [2.05, 4.69) is 9.98 Å². The number of thioether (sulfide) groups is 1. The van der Waals surface area contributed by atoms with E-state index in [-0.39, 0.29) is 16.6 Å². The van der Waals surface area contributed by atoms with Crippen LogP contribution >= 0.6 is 35.0 Å². The first-order valence-corrected chi connectivity index (χ1v) is 4.92. The molecule has 0 aromatic heterocycles. The quantitative estimate of drug-likeness (QED) is 0.631. The van der Waals surface area contributed by atoms with Crippen LogP contribution in [0.2, 0.25) is 0 Å². The van der Waals surface area contributed by atoms with E-state index < -0.39 is 0 Å². The second-order valence-electron chi connectivity index (χ2n) is 2.43. The molecule has 0 bridgehead atoms. The van der Waals surface area contributed by atoms with E-state index in [9.17, 15) is 0 Å². The molecule has 6 heteroatoms. The van der Waals surface area contributed by atoms with E-state index in [1.807, 2.05) is 6.08 Å². The van der Waals surface area contributed by atoms with Gasteiger partial charge < -0.3 is 5.73 Å². The van der Waals surface area contributed by atoms with Crippen LogP contribution in [0.25, 0.3) is 0 Å². The van der Waals surface area contributed by atoms with Crippen molar-refractivity contribution in [3.8, 4) is 0 Å². The minimum Gasteiger partial charge on any atom is -0.394 e. The molecule has 0 aromatic carbocycles. The first-order valence-electron chi connectivity index (χ1n) is 3.28. The minimum absolute atomic E-state index is 0.0347. The second-order valence-corrected chi connectivity index (χ2v) is 4.37. The smallest absolute Gasteiger partial charge is 0.219 e. The van der Waals surface area contributed by atoms with E-state index in [0.29, 0.717) is 5.17 Å². The maximum atomic E-state index is 5.85. The van der Waals surface area contributed by atoms with Crippen molar-refractivity contribution in [2.24, 2.45) is 15.7 Å². The zero-order valence-corrected chi connectivity index (χ0v) is 8.20. The highest BCUT2D eigenvalue weighted by molar-refractivity contribution is 8.04. The molecule has 2 rings (SSSR count). The summed E-state index contributed by atoms with van der Waals surface area (Å²) in [5.74, 6) is 0. The highest BCUT2D eigenvalue weighted by Gasteiger charge is 2.33. The van der Waals surface area contributed by atoms with Gasteiger partial charge >= 0.3 is 0 Å². The Morgan fingerprint density at radius 1 is 1.50 bits per heavy atom. The monoisotopic (exact) mass is 221 g/mol. The van der Waals surface area contributed by atoms with Gasteiger partial charge in [0, 0.05) is 0 Å². The Hall–Kier alpha value is -0.190. The summed E-state index contributed by atoms with van der Waals surface area (Å²) in [7, 11) is 0. The second kappa shape index (κ2) is 2.94. The molecule has 0 spiro atoms. The molecule has 3 nitrogen and oxygen atoms in total. The van der Waals surface area contributed by atoms with E-state index in [0.717, 1.165) is 5.03 Å². The largest absolute Gasteiger partial charge is 0.394 e. The van der Waals surface area contributed by atoms with E-state index in [1.54, 1.807) is 0 Å². The van der Waals surface area contributed by atoms with Gasteiger partial charge in [-0.15, -0.1) is 0 Å². The van der Waals surface area contributed by atoms with Gasteiger partial charge in [-0.25, -0.2) is 9.98 Å². The summed E-state index contributed by atoms with van der Waals surface area (Å²) >= 11 is 12.9. The van der Waals surface area contributed by atoms with Crippen molar-refractivity contribution in [1.82, 2.24) is 0 Å². The van der Waals surface area contributed by atoms with Gasteiger partial charge in [0.05, 0.1) is 16.3 Å². The van der Waals surface area contributed by atoms with Gasteiger partial charge in [-0.1, -0.05) is 23.4 Å². The Morgan fingerprint density at radius 3 is 3.00 bits per heavy atom. The average Bonchev–Trinajstić information content (AvgIpc) is 2.29. The topological polar surface area (TPSA) is 50.7 Å². The fraction of sp³-hybridized carbons (Fsp3) is 0.333. The molecule has 2 atom stereocenters. The molecular weight excluding hydrogens is 217 g/mol. The minimum atomic E-state index is -0.0347. The molecule has 64 valence electrons. The van der Waals surface area contributed by atoms with Gasteiger partial charge in [-0.05, 0) is 17.7 Å². The summed E-state index contributed by atoms with van der Waals surface area (Å²) in [6.45, 7) is 0. The van der Waals surface area contributed by atoms with Crippen LogP contribution in [0, 0.1) is 0 Å². The van der Waals surface area contributed by atoms with Gasteiger partial charge in [-0.3, -0.25) is 0 Å². The molecule has 0 saturated heterocycles. The van der Waals surface area contributed by atoms with Gasteiger partial charge in [0.2, 0.25) is 5.29 Å². The third-order valence-electron chi connectivity index (χ3n) is 1.60. The molecule has 2 aliphatic rings. The number of halogens is 2. The zero-order valence-electron chi connectivity index (χ0n) is 5.87. The Labute approximate surface area is 83.7 Å². The van der Waals surface area contributed by atoms with Crippen LogP contribution in [0.4, 0.5) is 0 Å². The van der Waals surface area contributed by atoms with Crippen molar-refractivity contribution in [3.63, 3.8) is 0 Å². The lowest BCUT2D eigenvalue weighted by Crippen LogP contribution is -2.26. The third kappa shape index (κ3) is 1.34. The summed E-state index contributed by atoms with van der Waals surface area (Å²) < 4.78 is 0. The van der Waals surface area contributed by atoms with Crippen molar-refractivity contribution in [2.45, 2.75) is 11.3 Å². The maximum absolute atomic E-state index is 5.85. The van der Waals surface area contributed by atoms with Crippen molar-refractivity contribution >= 4 is 45.4 Å². The summed E-state index contributed by atoms with van der Waals surface area (Å²) in [5, 5.41) is 1.44. The number of nitrogens with two attached hydrogens (primary N) is 1. The first kappa shape index (κ1) is 8.41. The number of nitrogens with zero attached hydrogens (tertiary/aromatic N) is 2. The molecule has 12 heavy (non-hydrogen) atoms. The van der Waals surface area contributed by atoms with Crippen molar-refractivity contribution < 1.29 is 0 Å². The Balaban J connectivity index is 2.33. The fourth-order valence-corrected chi connectivity index (χ4v) is 2.64. The lowest BCUT2D eigenvalue weighted by atomic mass is 10.2. The highest BCUT2D eigenvalue weighted by atomic mass is 35.5. The zero-order chi connectivity index (χ0) is 8.72. The SMILES string of the molecule is NC1=CC2N=C(Cl)N=C(Cl)C2S1. The van der Waals surface area contributed by atoms with Crippen LogP contribution in [0.15, 0.2) is 21.1 Å². The van der Waals surface area contributed by atoms with Gasteiger partial charge in [0.25, 0.3) is 0 Å². The molecule has 0 fully saturated rings. The maximum Gasteiger partial charge on any atom is 0.219 e. The van der Waals surface area contributed by atoms with E-state index in [4.69, 9.17) is 28.9 Å². The summed E-state index contributed by atoms with van der Waals surface area (Å²) in [6, 6.07) is -0.0347. The molecule has 0 radical (unpaired) electrons. The standard InChI is InChI=1S/C6H5Cl2N3S/c7-5-4-2(1-3(9)12-4)10-6(8)11-5/h1-2,4H,9H2. The highest BCUT2D eigenvalue weighted by Crippen LogP contribution is 2.35. The summed E-state index contributed by atoms with van der Waals surface area (Å²) in [5.41, 5.74) is 5.60. The van der Waals surface area contributed by atoms with Crippen LogP contribution in [0.3, 0.4) is 0 Å². The average molecular weight is 222 g/mol. The molecule has 2 unspecified atom stereocenters. The number of aliphatic imine (C=N–C) groups is 2. The normalized spacial score (nSPS) is 33.7. The number of fused-ring (bicyclic) bond motifs is 1. The van der Waals surface area contributed by atoms with Crippen LogP contribution in [0.1, 0.15) is 0 Å². The summed E-state index contributed by atoms with van der Waals surface area (Å²) in [4.78, 5) is 7.93. The lowest BCUT2D eigenvalue weighted by molar-refractivity contribution is 0.883. The van der Waals surface area contributed by atoms with Crippen molar-refractivity contribution in [1.29, 1.82) is 0 Å². The van der Waals surface area contributed by atoms with Gasteiger partial charge in [0.1, 0.15) is 5.17 Å². The first-order chi connectivity index (χ1) is 5.66. The molecule has 2 aliphatic heterocycles. The molecule has 0 aromatic rings. The van der Waals surface area contributed by atoms with Crippen LogP contribution in [-0.4, -0.2) is 21.8 Å². The Bertz CT molecular complexity index is 310. The fourth-order valence-electron chi connectivity index (χ4n) is 1.11. The lowest BCUT2D eigenvalue weighted by Gasteiger charge is -2.16. The van der Waals surface area contributed by atoms with Crippen LogP contribution in [-0.2, 0) is 0 Å². The van der Waals surface area contributed by atoms with Crippen molar-refractivity contribution in [3.05, 3.63) is 11.1 Å². The Kier molecular flexibility index (Phi) is 2.06. The number of amidine groups is 1. The summed E-state index contributed by atoms with van der Waals surface area (Å²) in [6.07, 6.45) is 1.84. The number of rotatable bonds is 0. The molecule has 0 amide bonds. The molecule has 0 saturated carbocycles. The Morgan fingerprint density at radius 2 is 2.25 bits per heavy atom. The van der Waals surface area contributed by atoms with E-state index in [1.165, 1.54) is 11.8 Å².